The lowest BCUT2D eigenvalue weighted by molar-refractivity contribution is 0.0876. The van der Waals surface area contributed by atoms with Crippen molar-refractivity contribution in [3.05, 3.63) is 0 Å². The van der Waals surface area contributed by atoms with Gasteiger partial charge in [-0.25, -0.2) is 0 Å². The molecule has 3 unspecified atom stereocenters. The molecule has 1 aliphatic carbocycles. The Morgan fingerprint density at radius 1 is 1.27 bits per heavy atom. The van der Waals surface area contributed by atoms with E-state index >= 15 is 0 Å². The van der Waals surface area contributed by atoms with E-state index in [1.807, 2.05) is 13.8 Å². The number of rotatable bonds is 0. The van der Waals surface area contributed by atoms with E-state index in [1.165, 1.54) is 12.8 Å². The fourth-order valence-electron chi connectivity index (χ4n) is 1.33. The van der Waals surface area contributed by atoms with Gasteiger partial charge in [-0.15, -0.1) is 0 Å². The highest BCUT2D eigenvalue weighted by molar-refractivity contribution is 9.09. The van der Waals surface area contributed by atoms with Gasteiger partial charge >= 0.3 is 0 Å². The van der Waals surface area contributed by atoms with Gasteiger partial charge in [0.05, 0.1) is 6.10 Å². The fraction of sp³-hybridized carbons (Fsp3) is 1.00. The second kappa shape index (κ2) is 6.01. The summed E-state index contributed by atoms with van der Waals surface area (Å²) in [5.74, 6) is 0.489. The molecule has 1 N–H and O–H groups in total. The first kappa shape index (κ1) is 11.4. The Hall–Kier alpha value is 0.440. The van der Waals surface area contributed by atoms with E-state index in [-0.39, 0.29) is 6.10 Å². The molecular weight excluding hydrogens is 204 g/mol. The average molecular weight is 223 g/mol. The van der Waals surface area contributed by atoms with E-state index in [0.29, 0.717) is 10.7 Å². The zero-order valence-corrected chi connectivity index (χ0v) is 9.26. The first-order valence-corrected chi connectivity index (χ1v) is 5.45. The van der Waals surface area contributed by atoms with Gasteiger partial charge in [0, 0.05) is 4.83 Å². The average Bonchev–Trinajstić information content (AvgIpc) is 2.04. The molecule has 3 atom stereocenters. The summed E-state index contributed by atoms with van der Waals surface area (Å²) in [6.45, 7) is 6.11. The van der Waals surface area contributed by atoms with Crippen LogP contribution in [0.4, 0.5) is 0 Å². The SMILES string of the molecule is CC.CC1CCCC(Br)C1O. The zero-order chi connectivity index (χ0) is 8.85. The second-order valence-electron chi connectivity index (χ2n) is 2.91. The molecule has 0 heterocycles. The summed E-state index contributed by atoms with van der Waals surface area (Å²) < 4.78 is 0. The van der Waals surface area contributed by atoms with Crippen LogP contribution in [0.2, 0.25) is 0 Å². The number of halogens is 1. The summed E-state index contributed by atoms with van der Waals surface area (Å²) in [7, 11) is 0. The number of hydrogen-bond donors (Lipinski definition) is 1. The molecule has 68 valence electrons. The van der Waals surface area contributed by atoms with Crippen LogP contribution < -0.4 is 0 Å². The van der Waals surface area contributed by atoms with Crippen LogP contribution in [-0.2, 0) is 0 Å². The van der Waals surface area contributed by atoms with Gasteiger partial charge in [-0.2, -0.15) is 0 Å². The molecule has 0 saturated heterocycles. The molecule has 1 nitrogen and oxygen atoms in total. The summed E-state index contributed by atoms with van der Waals surface area (Å²) in [5.41, 5.74) is 0. The van der Waals surface area contributed by atoms with Crippen LogP contribution in [0.15, 0.2) is 0 Å². The monoisotopic (exact) mass is 222 g/mol. The third-order valence-corrected chi connectivity index (χ3v) is 3.09. The molecular formula is C9H19BrO. The number of aliphatic hydroxyl groups is 1. The Morgan fingerprint density at radius 2 is 1.82 bits per heavy atom. The highest BCUT2D eigenvalue weighted by atomic mass is 79.9. The van der Waals surface area contributed by atoms with Gasteiger partial charge < -0.3 is 5.11 Å². The van der Waals surface area contributed by atoms with Crippen LogP contribution in [0.3, 0.4) is 0 Å². The molecule has 0 aromatic heterocycles. The van der Waals surface area contributed by atoms with Gasteiger partial charge in [0.25, 0.3) is 0 Å². The van der Waals surface area contributed by atoms with Crippen molar-refractivity contribution in [1.82, 2.24) is 0 Å². The fourth-order valence-corrected chi connectivity index (χ4v) is 2.18. The summed E-state index contributed by atoms with van der Waals surface area (Å²) in [6.07, 6.45) is 3.46. The molecule has 0 aromatic carbocycles. The van der Waals surface area contributed by atoms with Gasteiger partial charge in [0.2, 0.25) is 0 Å². The minimum absolute atomic E-state index is 0.112. The van der Waals surface area contributed by atoms with Crippen molar-refractivity contribution >= 4 is 15.9 Å². The van der Waals surface area contributed by atoms with E-state index in [0.717, 1.165) is 6.42 Å². The molecule has 0 spiro atoms. The van der Waals surface area contributed by atoms with Gasteiger partial charge in [-0.3, -0.25) is 0 Å². The number of alkyl halides is 1. The van der Waals surface area contributed by atoms with Gasteiger partial charge in [0.1, 0.15) is 0 Å². The van der Waals surface area contributed by atoms with Crippen LogP contribution in [0.5, 0.6) is 0 Å². The third kappa shape index (κ3) is 3.57. The largest absolute Gasteiger partial charge is 0.392 e. The maximum absolute atomic E-state index is 9.40. The van der Waals surface area contributed by atoms with Crippen molar-refractivity contribution in [2.45, 2.75) is 51.0 Å². The van der Waals surface area contributed by atoms with Crippen molar-refractivity contribution in [2.24, 2.45) is 5.92 Å². The summed E-state index contributed by atoms with van der Waals surface area (Å²) >= 11 is 3.44. The minimum Gasteiger partial charge on any atom is -0.392 e. The molecule has 1 aliphatic rings. The second-order valence-corrected chi connectivity index (χ2v) is 4.09. The third-order valence-electron chi connectivity index (χ3n) is 2.09. The predicted octanol–water partition coefficient (Wildman–Crippen LogP) is 2.96. The first-order valence-electron chi connectivity index (χ1n) is 4.54. The van der Waals surface area contributed by atoms with Crippen LogP contribution in [0.25, 0.3) is 0 Å². The summed E-state index contributed by atoms with van der Waals surface area (Å²) in [5, 5.41) is 9.40. The van der Waals surface area contributed by atoms with Crippen molar-refractivity contribution in [1.29, 1.82) is 0 Å². The van der Waals surface area contributed by atoms with Gasteiger partial charge in [-0.05, 0) is 18.8 Å². The molecule has 1 saturated carbocycles. The molecule has 0 bridgehead atoms. The summed E-state index contributed by atoms with van der Waals surface area (Å²) in [6, 6.07) is 0. The first-order chi connectivity index (χ1) is 5.22. The molecule has 2 heteroatoms. The molecule has 0 aromatic rings. The molecule has 0 radical (unpaired) electrons. The maximum atomic E-state index is 9.40. The predicted molar refractivity (Wildman–Crippen MR) is 53.1 cm³/mol. The lowest BCUT2D eigenvalue weighted by atomic mass is 9.88. The molecule has 0 amide bonds. The Balaban J connectivity index is 0.000000461. The van der Waals surface area contributed by atoms with Gasteiger partial charge in [-0.1, -0.05) is 43.1 Å². The lowest BCUT2D eigenvalue weighted by Crippen LogP contribution is -2.31. The van der Waals surface area contributed by atoms with Crippen LogP contribution in [-0.4, -0.2) is 16.0 Å². The summed E-state index contributed by atoms with van der Waals surface area (Å²) in [4.78, 5) is 0.348. The van der Waals surface area contributed by atoms with Crippen molar-refractivity contribution in [3.8, 4) is 0 Å². The van der Waals surface area contributed by atoms with Crippen LogP contribution in [0, 0.1) is 5.92 Å². The Kier molecular flexibility index (Phi) is 6.25. The van der Waals surface area contributed by atoms with Crippen molar-refractivity contribution in [3.63, 3.8) is 0 Å². The smallest absolute Gasteiger partial charge is 0.0690 e. The van der Waals surface area contributed by atoms with E-state index < -0.39 is 0 Å². The van der Waals surface area contributed by atoms with E-state index in [9.17, 15) is 5.11 Å². The van der Waals surface area contributed by atoms with Crippen LogP contribution in [0.1, 0.15) is 40.0 Å². The standard InChI is InChI=1S/C7H13BrO.C2H6/c1-5-3-2-4-6(8)7(5)9;1-2/h5-7,9H,2-4H2,1H3;1-2H3. The topological polar surface area (TPSA) is 20.2 Å². The van der Waals surface area contributed by atoms with Crippen molar-refractivity contribution < 1.29 is 5.11 Å². The number of hydrogen-bond acceptors (Lipinski definition) is 1. The Bertz CT molecular complexity index is 85.6. The van der Waals surface area contributed by atoms with Gasteiger partial charge in [0.15, 0.2) is 0 Å². The Labute approximate surface area is 78.3 Å². The van der Waals surface area contributed by atoms with E-state index in [2.05, 4.69) is 22.9 Å². The zero-order valence-electron chi connectivity index (χ0n) is 7.68. The Morgan fingerprint density at radius 3 is 2.18 bits per heavy atom. The van der Waals surface area contributed by atoms with Crippen LogP contribution >= 0.6 is 15.9 Å². The molecule has 11 heavy (non-hydrogen) atoms. The molecule has 1 rings (SSSR count). The highest BCUT2D eigenvalue weighted by Gasteiger charge is 2.26. The quantitative estimate of drug-likeness (QED) is 0.626. The van der Waals surface area contributed by atoms with Crippen molar-refractivity contribution in [2.75, 3.05) is 0 Å². The lowest BCUT2D eigenvalue weighted by Gasteiger charge is -2.28. The normalized spacial score (nSPS) is 37.4. The maximum Gasteiger partial charge on any atom is 0.0690 e. The van der Waals surface area contributed by atoms with E-state index in [4.69, 9.17) is 0 Å². The number of aliphatic hydroxyl groups excluding tert-OH is 1. The minimum atomic E-state index is -0.112. The molecule has 1 fully saturated rings. The molecule has 0 aliphatic heterocycles. The van der Waals surface area contributed by atoms with E-state index in [1.54, 1.807) is 0 Å². The highest BCUT2D eigenvalue weighted by Crippen LogP contribution is 2.28.